The average Bonchev–Trinajstić information content (AvgIpc) is 3.16. The van der Waals surface area contributed by atoms with E-state index in [1.54, 1.807) is 11.3 Å². The van der Waals surface area contributed by atoms with Crippen molar-refractivity contribution >= 4 is 17.2 Å². The molecule has 0 spiro atoms. The topological polar surface area (TPSA) is 41.6 Å². The number of thiophene rings is 1. The summed E-state index contributed by atoms with van der Waals surface area (Å²) in [5, 5.41) is 5.14. The van der Waals surface area contributed by atoms with Crippen LogP contribution in [-0.2, 0) is 4.79 Å². The Labute approximate surface area is 147 Å². The molecule has 4 nitrogen and oxygen atoms in total. The molecule has 0 bridgehead atoms. The van der Waals surface area contributed by atoms with Gasteiger partial charge in [-0.25, -0.2) is 0 Å². The maximum absolute atomic E-state index is 12.1. The third-order valence-corrected chi connectivity index (χ3v) is 5.28. The summed E-state index contributed by atoms with van der Waals surface area (Å²) in [6.45, 7) is 2.91. The molecule has 128 valence electrons. The number of hydrogen-bond donors (Lipinski definition) is 1. The minimum atomic E-state index is -0.0718. The molecule has 24 heavy (non-hydrogen) atoms. The summed E-state index contributed by atoms with van der Waals surface area (Å²) in [6, 6.07) is 14.0. The fourth-order valence-corrected chi connectivity index (χ4v) is 3.91. The molecule has 0 radical (unpaired) electrons. The number of amides is 1. The number of nitrogens with one attached hydrogen (secondary N) is 1. The minimum absolute atomic E-state index is 0.0567. The summed E-state index contributed by atoms with van der Waals surface area (Å²) in [5.74, 6) is 0.649. The van der Waals surface area contributed by atoms with E-state index in [-0.39, 0.29) is 18.6 Å². The summed E-state index contributed by atoms with van der Waals surface area (Å²) in [6.07, 6.45) is 3.80. The van der Waals surface area contributed by atoms with Gasteiger partial charge in [-0.2, -0.15) is 0 Å². The summed E-state index contributed by atoms with van der Waals surface area (Å²) < 4.78 is 5.51. The fourth-order valence-electron chi connectivity index (χ4n) is 3.05. The minimum Gasteiger partial charge on any atom is -0.484 e. The van der Waals surface area contributed by atoms with Crippen LogP contribution in [0.2, 0.25) is 0 Å². The number of nitrogens with zero attached hydrogens (tertiary/aromatic N) is 1. The van der Waals surface area contributed by atoms with Gasteiger partial charge in [0.2, 0.25) is 0 Å². The summed E-state index contributed by atoms with van der Waals surface area (Å²) in [7, 11) is 0. The van der Waals surface area contributed by atoms with Crippen molar-refractivity contribution in [2.24, 2.45) is 0 Å². The molecule has 1 atom stereocenters. The highest BCUT2D eigenvalue weighted by Gasteiger charge is 2.23. The molecule has 0 saturated carbocycles. The first-order valence-corrected chi connectivity index (χ1v) is 9.43. The van der Waals surface area contributed by atoms with E-state index in [9.17, 15) is 4.79 Å². The largest absolute Gasteiger partial charge is 0.484 e. The predicted molar refractivity (Wildman–Crippen MR) is 97.4 cm³/mol. The molecule has 2 heterocycles. The number of piperidine rings is 1. The second-order valence-electron chi connectivity index (χ2n) is 6.03. The normalized spacial score (nSPS) is 16.5. The molecule has 1 N–H and O–H groups in total. The van der Waals surface area contributed by atoms with Crippen molar-refractivity contribution in [3.05, 3.63) is 52.7 Å². The number of benzene rings is 1. The zero-order valence-corrected chi connectivity index (χ0v) is 14.6. The van der Waals surface area contributed by atoms with E-state index in [4.69, 9.17) is 4.74 Å². The Bertz CT molecular complexity index is 610. The number of hydrogen-bond acceptors (Lipinski definition) is 4. The van der Waals surface area contributed by atoms with Gasteiger partial charge in [0.1, 0.15) is 5.75 Å². The Morgan fingerprint density at radius 1 is 1.12 bits per heavy atom. The van der Waals surface area contributed by atoms with Gasteiger partial charge >= 0.3 is 0 Å². The van der Waals surface area contributed by atoms with Crippen LogP contribution >= 0.6 is 11.3 Å². The lowest BCUT2D eigenvalue weighted by Gasteiger charge is -2.34. The van der Waals surface area contributed by atoms with Crippen LogP contribution in [0.15, 0.2) is 47.8 Å². The second kappa shape index (κ2) is 8.85. The molecule has 1 saturated heterocycles. The summed E-state index contributed by atoms with van der Waals surface area (Å²) >= 11 is 1.76. The van der Waals surface area contributed by atoms with Crippen molar-refractivity contribution < 1.29 is 9.53 Å². The lowest BCUT2D eigenvalue weighted by Crippen LogP contribution is -2.41. The number of likely N-dealkylation sites (tertiary alicyclic amines) is 1. The van der Waals surface area contributed by atoms with E-state index in [2.05, 4.69) is 27.7 Å². The zero-order valence-electron chi connectivity index (χ0n) is 13.8. The quantitative estimate of drug-likeness (QED) is 0.836. The molecule has 1 fully saturated rings. The average molecular weight is 344 g/mol. The molecular formula is C19H24N2O2S. The van der Waals surface area contributed by atoms with Crippen molar-refractivity contribution in [3.8, 4) is 5.75 Å². The van der Waals surface area contributed by atoms with E-state index >= 15 is 0 Å². The zero-order chi connectivity index (χ0) is 16.6. The fraction of sp³-hybridized carbons (Fsp3) is 0.421. The van der Waals surface area contributed by atoms with Gasteiger partial charge in [-0.15, -0.1) is 11.3 Å². The Morgan fingerprint density at radius 3 is 2.62 bits per heavy atom. The third-order valence-electron chi connectivity index (χ3n) is 4.31. The molecule has 1 amide bonds. The lowest BCUT2D eigenvalue weighted by atomic mass is 10.1. The monoisotopic (exact) mass is 344 g/mol. The van der Waals surface area contributed by atoms with Crippen LogP contribution in [0.1, 0.15) is 30.2 Å². The Balaban J connectivity index is 1.52. The van der Waals surface area contributed by atoms with Gasteiger partial charge in [0.25, 0.3) is 5.91 Å². The molecule has 1 aromatic carbocycles. The summed E-state index contributed by atoms with van der Waals surface area (Å²) in [5.41, 5.74) is 0. The van der Waals surface area contributed by atoms with E-state index in [1.165, 1.54) is 24.1 Å². The van der Waals surface area contributed by atoms with Crippen LogP contribution in [0.5, 0.6) is 5.75 Å². The van der Waals surface area contributed by atoms with Crippen molar-refractivity contribution in [3.63, 3.8) is 0 Å². The molecule has 3 rings (SSSR count). The highest BCUT2D eigenvalue weighted by molar-refractivity contribution is 7.10. The van der Waals surface area contributed by atoms with Crippen LogP contribution in [-0.4, -0.2) is 37.0 Å². The van der Waals surface area contributed by atoms with Gasteiger partial charge in [-0.1, -0.05) is 30.7 Å². The van der Waals surface area contributed by atoms with Gasteiger partial charge in [0.05, 0.1) is 6.04 Å². The number of ether oxygens (including phenoxy) is 1. The SMILES string of the molecule is O=C(COc1ccccc1)NCC(c1cccs1)N1CCCCC1. The van der Waals surface area contributed by atoms with Crippen LogP contribution in [0.25, 0.3) is 0 Å². The highest BCUT2D eigenvalue weighted by atomic mass is 32.1. The second-order valence-corrected chi connectivity index (χ2v) is 7.01. The van der Waals surface area contributed by atoms with E-state index in [0.717, 1.165) is 18.8 Å². The molecule has 1 aromatic heterocycles. The number of carbonyl (C=O) groups is 1. The Hall–Kier alpha value is -1.85. The van der Waals surface area contributed by atoms with Crippen LogP contribution < -0.4 is 10.1 Å². The first-order valence-electron chi connectivity index (χ1n) is 8.55. The van der Waals surface area contributed by atoms with Crippen LogP contribution in [0.3, 0.4) is 0 Å². The highest BCUT2D eigenvalue weighted by Crippen LogP contribution is 2.27. The van der Waals surface area contributed by atoms with Crippen molar-refractivity contribution in [1.29, 1.82) is 0 Å². The molecular weight excluding hydrogens is 320 g/mol. The molecule has 5 heteroatoms. The van der Waals surface area contributed by atoms with Crippen molar-refractivity contribution in [2.75, 3.05) is 26.2 Å². The summed E-state index contributed by atoms with van der Waals surface area (Å²) in [4.78, 5) is 15.9. The van der Waals surface area contributed by atoms with E-state index < -0.39 is 0 Å². The molecule has 1 unspecified atom stereocenters. The number of carbonyl (C=O) groups excluding carboxylic acids is 1. The maximum Gasteiger partial charge on any atom is 0.258 e. The van der Waals surface area contributed by atoms with Crippen LogP contribution in [0, 0.1) is 0 Å². The molecule has 1 aliphatic rings. The standard InChI is InChI=1S/C19H24N2O2S/c22-19(15-23-16-8-3-1-4-9-16)20-14-17(18-10-7-13-24-18)21-11-5-2-6-12-21/h1,3-4,7-10,13,17H,2,5-6,11-12,14-15H2,(H,20,22). The van der Waals surface area contributed by atoms with E-state index in [0.29, 0.717) is 6.54 Å². The maximum atomic E-state index is 12.1. The van der Waals surface area contributed by atoms with Gasteiger partial charge in [-0.3, -0.25) is 9.69 Å². The van der Waals surface area contributed by atoms with Crippen molar-refractivity contribution in [2.45, 2.75) is 25.3 Å². The predicted octanol–water partition coefficient (Wildman–Crippen LogP) is 3.47. The molecule has 0 aliphatic carbocycles. The first-order chi connectivity index (χ1) is 11.8. The Kier molecular flexibility index (Phi) is 6.26. The Morgan fingerprint density at radius 2 is 1.92 bits per heavy atom. The third kappa shape index (κ3) is 4.82. The van der Waals surface area contributed by atoms with Gasteiger partial charge in [0, 0.05) is 11.4 Å². The van der Waals surface area contributed by atoms with Crippen molar-refractivity contribution in [1.82, 2.24) is 10.2 Å². The van der Waals surface area contributed by atoms with Gasteiger partial charge in [0.15, 0.2) is 6.61 Å². The first kappa shape index (κ1) is 17.0. The number of para-hydroxylation sites is 1. The van der Waals surface area contributed by atoms with E-state index in [1.807, 2.05) is 30.3 Å². The molecule has 1 aliphatic heterocycles. The van der Waals surface area contributed by atoms with Gasteiger partial charge < -0.3 is 10.1 Å². The lowest BCUT2D eigenvalue weighted by molar-refractivity contribution is -0.123. The number of rotatable bonds is 7. The van der Waals surface area contributed by atoms with Crippen LogP contribution in [0.4, 0.5) is 0 Å². The smallest absolute Gasteiger partial charge is 0.258 e. The van der Waals surface area contributed by atoms with Gasteiger partial charge in [-0.05, 0) is 49.5 Å². The molecule has 2 aromatic rings.